The Labute approximate surface area is 129 Å². The van der Waals surface area contributed by atoms with Gasteiger partial charge in [0.15, 0.2) is 11.5 Å². The average molecular weight is 307 g/mol. The van der Waals surface area contributed by atoms with E-state index in [1.165, 1.54) is 0 Å². The van der Waals surface area contributed by atoms with Crippen molar-refractivity contribution in [3.8, 4) is 17.2 Å². The number of carbonyl (C=O) groups is 1. The molecule has 0 aromatic heterocycles. The Hall–Kier alpha value is -1.95. The predicted molar refractivity (Wildman–Crippen MR) is 79.9 cm³/mol. The van der Waals surface area contributed by atoms with Crippen molar-refractivity contribution in [1.82, 2.24) is 5.32 Å². The van der Waals surface area contributed by atoms with E-state index < -0.39 is 0 Å². The molecule has 0 saturated carbocycles. The van der Waals surface area contributed by atoms with Crippen molar-refractivity contribution >= 4 is 5.91 Å². The second-order valence-corrected chi connectivity index (χ2v) is 5.52. The quantitative estimate of drug-likeness (QED) is 0.918. The maximum atomic E-state index is 12.4. The van der Waals surface area contributed by atoms with Gasteiger partial charge in [-0.3, -0.25) is 4.79 Å². The van der Waals surface area contributed by atoms with Crippen molar-refractivity contribution < 1.29 is 23.7 Å². The molecule has 0 aliphatic carbocycles. The molecule has 2 aliphatic heterocycles. The van der Waals surface area contributed by atoms with Gasteiger partial charge in [-0.15, -0.1) is 0 Å². The largest absolute Gasteiger partial charge is 0.493 e. The van der Waals surface area contributed by atoms with Crippen LogP contribution in [0.5, 0.6) is 17.2 Å². The first kappa shape index (κ1) is 15.0. The minimum atomic E-state index is -0.168. The smallest absolute Gasteiger partial charge is 0.251 e. The number of fused-ring (bicyclic) bond motifs is 1. The topological polar surface area (TPSA) is 66.0 Å². The van der Waals surface area contributed by atoms with Crippen LogP contribution in [0.4, 0.5) is 0 Å². The molecule has 120 valence electrons. The van der Waals surface area contributed by atoms with Crippen LogP contribution in [0.15, 0.2) is 12.1 Å². The molecule has 1 aromatic rings. The normalized spacial score (nSPS) is 21.3. The van der Waals surface area contributed by atoms with Crippen LogP contribution in [-0.2, 0) is 4.74 Å². The summed E-state index contributed by atoms with van der Waals surface area (Å²) in [6.07, 6.45) is 2.11. The lowest BCUT2D eigenvalue weighted by Gasteiger charge is -2.23. The molecule has 1 aromatic carbocycles. The summed E-state index contributed by atoms with van der Waals surface area (Å²) < 4.78 is 22.0. The first-order chi connectivity index (χ1) is 10.7. The lowest BCUT2D eigenvalue weighted by atomic mass is 10.1. The van der Waals surface area contributed by atoms with E-state index >= 15 is 0 Å². The molecule has 1 saturated heterocycles. The number of nitrogens with one attached hydrogen (secondary N) is 1. The number of amides is 1. The van der Waals surface area contributed by atoms with E-state index in [-0.39, 0.29) is 18.1 Å². The van der Waals surface area contributed by atoms with E-state index in [4.69, 9.17) is 18.9 Å². The highest BCUT2D eigenvalue weighted by Gasteiger charge is 2.26. The van der Waals surface area contributed by atoms with Crippen molar-refractivity contribution in [2.24, 2.45) is 0 Å². The van der Waals surface area contributed by atoms with Crippen molar-refractivity contribution in [3.05, 3.63) is 17.7 Å². The second kappa shape index (κ2) is 6.44. The Bertz CT molecular complexity index is 536. The van der Waals surface area contributed by atoms with Crippen LogP contribution < -0.4 is 19.5 Å². The van der Waals surface area contributed by atoms with Crippen LogP contribution in [0.3, 0.4) is 0 Å². The third kappa shape index (κ3) is 2.97. The van der Waals surface area contributed by atoms with Gasteiger partial charge in [0, 0.05) is 12.2 Å². The van der Waals surface area contributed by atoms with Crippen molar-refractivity contribution in [1.29, 1.82) is 0 Å². The molecule has 0 radical (unpaired) electrons. The van der Waals surface area contributed by atoms with Crippen molar-refractivity contribution in [2.45, 2.75) is 31.9 Å². The first-order valence-electron chi connectivity index (χ1n) is 7.59. The zero-order valence-corrected chi connectivity index (χ0v) is 12.9. The van der Waals surface area contributed by atoms with Gasteiger partial charge in [0.2, 0.25) is 5.75 Å². The maximum absolute atomic E-state index is 12.4. The summed E-state index contributed by atoms with van der Waals surface area (Å²) in [5, 5.41) is 2.98. The van der Waals surface area contributed by atoms with Gasteiger partial charge >= 0.3 is 0 Å². The van der Waals surface area contributed by atoms with Gasteiger partial charge in [0.25, 0.3) is 5.91 Å². The Morgan fingerprint density at radius 1 is 1.32 bits per heavy atom. The number of rotatable bonds is 4. The molecule has 1 fully saturated rings. The number of carbonyl (C=O) groups excluding carboxylic acids is 1. The molecule has 2 heterocycles. The summed E-state index contributed by atoms with van der Waals surface area (Å²) in [5.41, 5.74) is 0.492. The summed E-state index contributed by atoms with van der Waals surface area (Å²) in [6, 6.07) is 3.33. The van der Waals surface area contributed by atoms with Crippen LogP contribution in [-0.4, -0.2) is 45.0 Å². The maximum Gasteiger partial charge on any atom is 0.251 e. The molecule has 22 heavy (non-hydrogen) atoms. The summed E-state index contributed by atoms with van der Waals surface area (Å²) in [4.78, 5) is 12.4. The summed E-state index contributed by atoms with van der Waals surface area (Å²) in [6.45, 7) is 3.67. The molecule has 0 spiro atoms. The van der Waals surface area contributed by atoms with Gasteiger partial charge in [0.1, 0.15) is 13.2 Å². The molecule has 1 amide bonds. The molecule has 2 atom stereocenters. The molecule has 2 aliphatic rings. The third-order valence-electron chi connectivity index (χ3n) is 3.97. The van der Waals surface area contributed by atoms with E-state index in [0.29, 0.717) is 36.0 Å². The molecule has 6 nitrogen and oxygen atoms in total. The first-order valence-corrected chi connectivity index (χ1v) is 7.59. The van der Waals surface area contributed by atoms with Crippen LogP contribution in [0.1, 0.15) is 30.1 Å². The number of hydrogen-bond donors (Lipinski definition) is 1. The fraction of sp³-hybridized carbons (Fsp3) is 0.562. The van der Waals surface area contributed by atoms with E-state index in [0.717, 1.165) is 19.4 Å². The fourth-order valence-electron chi connectivity index (χ4n) is 2.78. The fourth-order valence-corrected chi connectivity index (χ4v) is 2.78. The molecule has 0 bridgehead atoms. The zero-order chi connectivity index (χ0) is 15.5. The molecular weight excluding hydrogens is 286 g/mol. The predicted octanol–water partition coefficient (Wildman–Crippen LogP) is 1.76. The van der Waals surface area contributed by atoms with Crippen LogP contribution in [0.25, 0.3) is 0 Å². The zero-order valence-electron chi connectivity index (χ0n) is 12.9. The monoisotopic (exact) mass is 307 g/mol. The Morgan fingerprint density at radius 2 is 2.14 bits per heavy atom. The molecule has 3 rings (SSSR count). The lowest BCUT2D eigenvalue weighted by molar-refractivity contribution is 0.0711. The van der Waals surface area contributed by atoms with E-state index in [2.05, 4.69) is 5.32 Å². The number of methoxy groups -OCH3 is 1. The number of ether oxygens (including phenoxy) is 4. The number of benzene rings is 1. The van der Waals surface area contributed by atoms with Crippen LogP contribution >= 0.6 is 0 Å². The minimum absolute atomic E-state index is 0.0332. The average Bonchev–Trinajstić information content (AvgIpc) is 3.08. The van der Waals surface area contributed by atoms with Gasteiger partial charge in [-0.25, -0.2) is 0 Å². The molecule has 0 unspecified atom stereocenters. The van der Waals surface area contributed by atoms with Gasteiger partial charge < -0.3 is 24.3 Å². The van der Waals surface area contributed by atoms with Crippen molar-refractivity contribution in [3.63, 3.8) is 0 Å². The van der Waals surface area contributed by atoms with Gasteiger partial charge in [-0.1, -0.05) is 0 Å². The summed E-state index contributed by atoms with van der Waals surface area (Å²) in [5.74, 6) is 1.43. The second-order valence-electron chi connectivity index (χ2n) is 5.52. The SMILES string of the molecule is COc1cc(C(=O)N[C@H](C)[C@@H]2CCCO2)cc2c1OCCO2. The highest BCUT2D eigenvalue weighted by atomic mass is 16.6. The minimum Gasteiger partial charge on any atom is -0.493 e. The lowest BCUT2D eigenvalue weighted by Crippen LogP contribution is -2.40. The summed E-state index contributed by atoms with van der Waals surface area (Å²) in [7, 11) is 1.55. The highest BCUT2D eigenvalue weighted by Crippen LogP contribution is 2.40. The Balaban J connectivity index is 1.77. The van der Waals surface area contributed by atoms with E-state index in [1.54, 1.807) is 19.2 Å². The Morgan fingerprint density at radius 3 is 2.86 bits per heavy atom. The molecular formula is C16H21NO5. The van der Waals surface area contributed by atoms with Gasteiger partial charge in [0.05, 0.1) is 19.3 Å². The highest BCUT2D eigenvalue weighted by molar-refractivity contribution is 5.95. The van der Waals surface area contributed by atoms with E-state index in [1.807, 2.05) is 6.92 Å². The molecule has 1 N–H and O–H groups in total. The standard InChI is InChI=1S/C16H21NO5/c1-10(12-4-3-5-20-12)17-16(18)11-8-13(19-2)15-14(9-11)21-6-7-22-15/h8-10,12H,3-7H2,1-2H3,(H,17,18)/t10-,12+/m1/s1. The van der Waals surface area contributed by atoms with Gasteiger partial charge in [-0.2, -0.15) is 0 Å². The molecule has 6 heteroatoms. The van der Waals surface area contributed by atoms with Crippen molar-refractivity contribution in [2.75, 3.05) is 26.9 Å². The summed E-state index contributed by atoms with van der Waals surface area (Å²) >= 11 is 0. The number of hydrogen-bond acceptors (Lipinski definition) is 5. The van der Waals surface area contributed by atoms with Crippen LogP contribution in [0, 0.1) is 0 Å². The van der Waals surface area contributed by atoms with Crippen LogP contribution in [0.2, 0.25) is 0 Å². The Kier molecular flexibility index (Phi) is 4.38. The third-order valence-corrected chi connectivity index (χ3v) is 3.97. The van der Waals surface area contributed by atoms with Gasteiger partial charge in [-0.05, 0) is 31.9 Å². The van der Waals surface area contributed by atoms with E-state index in [9.17, 15) is 4.79 Å².